The van der Waals surface area contributed by atoms with Gasteiger partial charge in [-0.15, -0.1) is 0 Å². The van der Waals surface area contributed by atoms with Crippen molar-refractivity contribution in [3.63, 3.8) is 0 Å². The first-order chi connectivity index (χ1) is 7.39. The molecule has 2 rings (SSSR count). The second kappa shape index (κ2) is 3.89. The lowest BCUT2D eigenvalue weighted by Crippen LogP contribution is -2.31. The highest BCUT2D eigenvalue weighted by atomic mass is 32.2. The molecular formula is C11H17N3OS. The van der Waals surface area contributed by atoms with Gasteiger partial charge >= 0.3 is 0 Å². The first-order valence-corrected chi connectivity index (χ1v) is 6.50. The van der Waals surface area contributed by atoms with E-state index in [2.05, 4.69) is 9.97 Å². The number of H-pyrrole nitrogens is 1. The molecule has 1 atom stereocenters. The summed E-state index contributed by atoms with van der Waals surface area (Å²) < 4.78 is 0. The van der Waals surface area contributed by atoms with Crippen LogP contribution in [0.3, 0.4) is 0 Å². The van der Waals surface area contributed by atoms with Crippen molar-refractivity contribution >= 4 is 11.8 Å². The minimum atomic E-state index is -0.240. The molecule has 4 nitrogen and oxygen atoms in total. The van der Waals surface area contributed by atoms with Crippen molar-refractivity contribution < 1.29 is 0 Å². The largest absolute Gasteiger partial charge is 0.321 e. The SMILES string of the molecule is CC(C)(C)C(N)c1nc2c(c(=O)[nH]1)CSC2. The molecule has 0 spiro atoms. The van der Waals surface area contributed by atoms with Gasteiger partial charge in [0, 0.05) is 17.1 Å². The highest BCUT2D eigenvalue weighted by molar-refractivity contribution is 7.98. The fourth-order valence-corrected chi connectivity index (χ4v) is 2.68. The third-order valence-corrected chi connectivity index (χ3v) is 3.80. The second-order valence-corrected chi connectivity index (χ2v) is 6.20. The van der Waals surface area contributed by atoms with E-state index in [0.29, 0.717) is 5.82 Å². The average Bonchev–Trinajstić information content (AvgIpc) is 2.63. The Morgan fingerprint density at radius 2 is 2.12 bits per heavy atom. The van der Waals surface area contributed by atoms with E-state index in [1.165, 1.54) is 0 Å². The van der Waals surface area contributed by atoms with Crippen molar-refractivity contribution in [1.82, 2.24) is 9.97 Å². The van der Waals surface area contributed by atoms with Crippen molar-refractivity contribution in [2.24, 2.45) is 11.1 Å². The Labute approximate surface area is 99.0 Å². The lowest BCUT2D eigenvalue weighted by Gasteiger charge is -2.26. The fourth-order valence-electron chi connectivity index (χ4n) is 1.64. The molecule has 3 N–H and O–H groups in total. The molecule has 0 amide bonds. The summed E-state index contributed by atoms with van der Waals surface area (Å²) in [5.41, 5.74) is 7.69. The maximum absolute atomic E-state index is 11.8. The quantitative estimate of drug-likeness (QED) is 0.780. The van der Waals surface area contributed by atoms with E-state index in [1.807, 2.05) is 20.8 Å². The summed E-state index contributed by atoms with van der Waals surface area (Å²) in [4.78, 5) is 19.1. The Kier molecular flexibility index (Phi) is 2.84. The van der Waals surface area contributed by atoms with Crippen LogP contribution in [0.15, 0.2) is 4.79 Å². The Bertz CT molecular complexity index is 461. The molecule has 0 aliphatic carbocycles. The van der Waals surface area contributed by atoms with Crippen molar-refractivity contribution in [3.05, 3.63) is 27.4 Å². The normalized spacial score (nSPS) is 17.2. The zero-order valence-corrected chi connectivity index (χ0v) is 10.6. The Balaban J connectivity index is 2.45. The van der Waals surface area contributed by atoms with Gasteiger partial charge in [0.05, 0.1) is 11.7 Å². The Morgan fingerprint density at radius 1 is 1.44 bits per heavy atom. The predicted molar refractivity (Wildman–Crippen MR) is 66.2 cm³/mol. The van der Waals surface area contributed by atoms with Gasteiger partial charge in [-0.2, -0.15) is 11.8 Å². The lowest BCUT2D eigenvalue weighted by molar-refractivity contribution is 0.314. The highest BCUT2D eigenvalue weighted by Crippen LogP contribution is 2.30. The number of aromatic amines is 1. The zero-order chi connectivity index (χ0) is 11.9. The molecule has 0 saturated heterocycles. The predicted octanol–water partition coefficient (Wildman–Crippen LogP) is 1.56. The molecule has 2 heterocycles. The Hall–Kier alpha value is -0.810. The minimum Gasteiger partial charge on any atom is -0.321 e. The first kappa shape index (κ1) is 11.7. The molecule has 1 aliphatic rings. The summed E-state index contributed by atoms with van der Waals surface area (Å²) in [6.07, 6.45) is 0. The fraction of sp³-hybridized carbons (Fsp3) is 0.636. The van der Waals surface area contributed by atoms with E-state index in [-0.39, 0.29) is 17.0 Å². The van der Waals surface area contributed by atoms with E-state index in [0.717, 1.165) is 22.8 Å². The van der Waals surface area contributed by atoms with E-state index in [9.17, 15) is 4.79 Å². The lowest BCUT2D eigenvalue weighted by atomic mass is 9.87. The van der Waals surface area contributed by atoms with Gasteiger partial charge in [-0.05, 0) is 5.41 Å². The van der Waals surface area contributed by atoms with Crippen LogP contribution in [0.2, 0.25) is 0 Å². The number of fused-ring (bicyclic) bond motifs is 1. The molecular weight excluding hydrogens is 222 g/mol. The summed E-state index contributed by atoms with van der Waals surface area (Å²) in [5.74, 6) is 2.20. The van der Waals surface area contributed by atoms with Crippen LogP contribution >= 0.6 is 11.8 Å². The number of hydrogen-bond donors (Lipinski definition) is 2. The molecule has 0 fully saturated rings. The molecule has 0 aromatic carbocycles. The molecule has 5 heteroatoms. The number of nitrogens with zero attached hydrogens (tertiary/aromatic N) is 1. The summed E-state index contributed by atoms with van der Waals surface area (Å²) in [6, 6.07) is -0.240. The van der Waals surface area contributed by atoms with Crippen molar-refractivity contribution in [3.8, 4) is 0 Å². The topological polar surface area (TPSA) is 71.8 Å². The number of nitrogens with two attached hydrogens (primary N) is 1. The number of thioether (sulfide) groups is 1. The van der Waals surface area contributed by atoms with Crippen LogP contribution in [0.4, 0.5) is 0 Å². The van der Waals surface area contributed by atoms with Gasteiger partial charge in [-0.3, -0.25) is 4.79 Å². The summed E-state index contributed by atoms with van der Waals surface area (Å²) in [6.45, 7) is 6.12. The molecule has 0 bridgehead atoms. The monoisotopic (exact) mass is 239 g/mol. The molecule has 1 unspecified atom stereocenters. The van der Waals surface area contributed by atoms with Gasteiger partial charge in [0.2, 0.25) is 0 Å². The number of rotatable bonds is 1. The van der Waals surface area contributed by atoms with Crippen molar-refractivity contribution in [2.75, 3.05) is 0 Å². The third kappa shape index (κ3) is 2.01. The van der Waals surface area contributed by atoms with E-state index >= 15 is 0 Å². The van der Waals surface area contributed by atoms with Gasteiger partial charge in [0.25, 0.3) is 5.56 Å². The van der Waals surface area contributed by atoms with Crippen LogP contribution in [0.5, 0.6) is 0 Å². The van der Waals surface area contributed by atoms with Crippen LogP contribution < -0.4 is 11.3 Å². The standard InChI is InChI=1S/C11H17N3OS/c1-11(2,3)8(12)9-13-7-5-16-4-6(7)10(15)14-9/h8H,4-5,12H2,1-3H3,(H,13,14,15). The molecule has 0 radical (unpaired) electrons. The molecule has 1 aliphatic heterocycles. The molecule has 16 heavy (non-hydrogen) atoms. The number of nitrogens with one attached hydrogen (secondary N) is 1. The molecule has 0 saturated carbocycles. The van der Waals surface area contributed by atoms with E-state index in [4.69, 9.17) is 5.73 Å². The van der Waals surface area contributed by atoms with Crippen molar-refractivity contribution in [2.45, 2.75) is 38.3 Å². The third-order valence-electron chi connectivity index (χ3n) is 2.83. The molecule has 1 aromatic rings. The highest BCUT2D eigenvalue weighted by Gasteiger charge is 2.26. The van der Waals surface area contributed by atoms with Crippen LogP contribution in [-0.2, 0) is 11.5 Å². The maximum Gasteiger partial charge on any atom is 0.255 e. The first-order valence-electron chi connectivity index (χ1n) is 5.35. The van der Waals surface area contributed by atoms with Crippen LogP contribution in [0.1, 0.15) is 43.9 Å². The van der Waals surface area contributed by atoms with Gasteiger partial charge in [-0.25, -0.2) is 4.98 Å². The minimum absolute atomic E-state index is 0.0234. The average molecular weight is 239 g/mol. The molecule has 88 valence electrons. The maximum atomic E-state index is 11.8. The van der Waals surface area contributed by atoms with Crippen LogP contribution in [0.25, 0.3) is 0 Å². The van der Waals surface area contributed by atoms with E-state index in [1.54, 1.807) is 11.8 Å². The van der Waals surface area contributed by atoms with Gasteiger partial charge in [-0.1, -0.05) is 20.8 Å². The number of aromatic nitrogens is 2. The van der Waals surface area contributed by atoms with E-state index < -0.39 is 0 Å². The smallest absolute Gasteiger partial charge is 0.255 e. The molecule has 1 aromatic heterocycles. The Morgan fingerprint density at radius 3 is 2.75 bits per heavy atom. The zero-order valence-electron chi connectivity index (χ0n) is 9.83. The second-order valence-electron chi connectivity index (χ2n) is 5.21. The van der Waals surface area contributed by atoms with Crippen LogP contribution in [-0.4, -0.2) is 9.97 Å². The van der Waals surface area contributed by atoms with Gasteiger partial charge in [0.15, 0.2) is 0 Å². The van der Waals surface area contributed by atoms with Gasteiger partial charge < -0.3 is 10.7 Å². The van der Waals surface area contributed by atoms with Crippen molar-refractivity contribution in [1.29, 1.82) is 0 Å². The van der Waals surface area contributed by atoms with Gasteiger partial charge in [0.1, 0.15) is 5.82 Å². The summed E-state index contributed by atoms with van der Waals surface area (Å²) in [5, 5.41) is 0. The summed E-state index contributed by atoms with van der Waals surface area (Å²) in [7, 11) is 0. The summed E-state index contributed by atoms with van der Waals surface area (Å²) >= 11 is 1.72. The van der Waals surface area contributed by atoms with Crippen LogP contribution in [0, 0.1) is 5.41 Å². The number of hydrogen-bond acceptors (Lipinski definition) is 4.